The van der Waals surface area contributed by atoms with E-state index in [4.69, 9.17) is 4.98 Å². The zero-order chi connectivity index (χ0) is 18.1. The normalized spacial score (nSPS) is 15.6. The number of piperazine rings is 1. The first-order valence-electron chi connectivity index (χ1n) is 8.80. The van der Waals surface area contributed by atoms with Gasteiger partial charge in [-0.3, -0.25) is 14.6 Å². The van der Waals surface area contributed by atoms with Crippen LogP contribution in [-0.2, 0) is 13.6 Å². The van der Waals surface area contributed by atoms with Crippen LogP contribution in [0.15, 0.2) is 24.8 Å². The lowest BCUT2D eigenvalue weighted by atomic mass is 10.2. The Balaban J connectivity index is 1.41. The van der Waals surface area contributed by atoms with E-state index in [1.807, 2.05) is 37.0 Å². The lowest BCUT2D eigenvalue weighted by Gasteiger charge is -2.35. The Hall–Kier alpha value is -2.32. The minimum Gasteiger partial charge on any atom is -0.353 e. The molecule has 0 atom stereocenters. The molecule has 4 heterocycles. The fraction of sp³-hybridized carbons (Fsp3) is 0.444. The van der Waals surface area contributed by atoms with E-state index < -0.39 is 0 Å². The quantitative estimate of drug-likeness (QED) is 0.703. The number of aromatic nitrogens is 5. The number of hydrogen-bond donors (Lipinski definition) is 0. The molecular weight excluding hydrogens is 346 g/mol. The molecule has 3 aromatic heterocycles. The van der Waals surface area contributed by atoms with Crippen molar-refractivity contribution >= 4 is 17.2 Å². The summed E-state index contributed by atoms with van der Waals surface area (Å²) in [5.41, 5.74) is 3.04. The van der Waals surface area contributed by atoms with Crippen LogP contribution in [-0.4, -0.2) is 55.8 Å². The Morgan fingerprint density at radius 1 is 1.04 bits per heavy atom. The molecule has 3 aromatic rings. The van der Waals surface area contributed by atoms with Crippen LogP contribution in [0.2, 0.25) is 0 Å². The van der Waals surface area contributed by atoms with Crippen molar-refractivity contribution in [2.45, 2.75) is 20.4 Å². The van der Waals surface area contributed by atoms with Gasteiger partial charge >= 0.3 is 0 Å². The highest BCUT2D eigenvalue weighted by Crippen LogP contribution is 2.22. The van der Waals surface area contributed by atoms with E-state index in [1.54, 1.807) is 10.9 Å². The molecule has 0 unspecified atom stereocenters. The first-order valence-corrected chi connectivity index (χ1v) is 9.61. The largest absolute Gasteiger partial charge is 0.353 e. The monoisotopic (exact) mass is 369 g/mol. The first kappa shape index (κ1) is 17.1. The summed E-state index contributed by atoms with van der Waals surface area (Å²) >= 11 is 1.81. The fourth-order valence-electron chi connectivity index (χ4n) is 3.26. The minimum absolute atomic E-state index is 0.869. The van der Waals surface area contributed by atoms with Crippen LogP contribution in [0.3, 0.4) is 0 Å². The fourth-order valence-corrected chi connectivity index (χ4v) is 4.24. The third kappa shape index (κ3) is 3.61. The van der Waals surface area contributed by atoms with E-state index in [-0.39, 0.29) is 0 Å². The third-order valence-corrected chi connectivity index (χ3v) is 5.74. The number of rotatable bonds is 4. The van der Waals surface area contributed by atoms with Crippen LogP contribution in [0, 0.1) is 13.8 Å². The number of hydrogen-bond acceptors (Lipinski definition) is 7. The Morgan fingerprint density at radius 2 is 1.85 bits per heavy atom. The second-order valence-corrected chi connectivity index (χ2v) is 7.96. The van der Waals surface area contributed by atoms with Crippen LogP contribution >= 0.6 is 11.3 Å². The molecule has 136 valence electrons. The summed E-state index contributed by atoms with van der Waals surface area (Å²) in [6.45, 7) is 9.14. The van der Waals surface area contributed by atoms with Gasteiger partial charge in [0.1, 0.15) is 5.82 Å². The molecule has 1 aliphatic heterocycles. The molecule has 1 saturated heterocycles. The van der Waals surface area contributed by atoms with Gasteiger partial charge in [0, 0.05) is 56.4 Å². The summed E-state index contributed by atoms with van der Waals surface area (Å²) < 4.78 is 1.78. The van der Waals surface area contributed by atoms with Gasteiger partial charge in [-0.15, -0.1) is 11.3 Å². The number of anilines is 1. The maximum Gasteiger partial charge on any atom is 0.147 e. The Morgan fingerprint density at radius 3 is 2.50 bits per heavy atom. The molecule has 0 bridgehead atoms. The van der Waals surface area contributed by atoms with Crippen LogP contribution in [0.25, 0.3) is 11.3 Å². The van der Waals surface area contributed by atoms with E-state index >= 15 is 0 Å². The van der Waals surface area contributed by atoms with E-state index in [2.05, 4.69) is 38.7 Å². The van der Waals surface area contributed by atoms with E-state index in [0.29, 0.717) is 0 Å². The molecule has 0 spiro atoms. The van der Waals surface area contributed by atoms with Gasteiger partial charge < -0.3 is 4.90 Å². The van der Waals surface area contributed by atoms with Crippen molar-refractivity contribution in [1.29, 1.82) is 0 Å². The molecule has 0 aromatic carbocycles. The van der Waals surface area contributed by atoms with Gasteiger partial charge in [-0.2, -0.15) is 5.10 Å². The van der Waals surface area contributed by atoms with Gasteiger partial charge in [0.25, 0.3) is 0 Å². The van der Waals surface area contributed by atoms with E-state index in [1.165, 1.54) is 10.6 Å². The van der Waals surface area contributed by atoms with Crippen molar-refractivity contribution in [3.8, 4) is 11.3 Å². The molecule has 26 heavy (non-hydrogen) atoms. The Bertz CT molecular complexity index is 893. The zero-order valence-electron chi connectivity index (χ0n) is 15.4. The summed E-state index contributed by atoms with van der Waals surface area (Å²) in [4.78, 5) is 19.9. The maximum atomic E-state index is 4.79. The maximum absolute atomic E-state index is 4.79. The molecule has 0 radical (unpaired) electrons. The van der Waals surface area contributed by atoms with Crippen molar-refractivity contribution in [3.05, 3.63) is 40.4 Å². The molecule has 1 aliphatic rings. The molecule has 0 N–H and O–H groups in total. The predicted octanol–water partition coefficient (Wildman–Crippen LogP) is 2.27. The smallest absolute Gasteiger partial charge is 0.147 e. The van der Waals surface area contributed by atoms with E-state index in [9.17, 15) is 0 Å². The van der Waals surface area contributed by atoms with Gasteiger partial charge in [-0.1, -0.05) is 0 Å². The zero-order valence-corrected chi connectivity index (χ0v) is 16.2. The summed E-state index contributed by atoms with van der Waals surface area (Å²) in [6, 6.07) is 0. The number of aryl methyl sites for hydroxylation is 3. The molecular formula is C18H23N7S. The number of nitrogens with zero attached hydrogens (tertiary/aromatic N) is 7. The van der Waals surface area contributed by atoms with Crippen LogP contribution in [0.1, 0.15) is 15.6 Å². The summed E-state index contributed by atoms with van der Waals surface area (Å²) in [7, 11) is 1.91. The molecule has 0 amide bonds. The van der Waals surface area contributed by atoms with Crippen molar-refractivity contribution in [1.82, 2.24) is 29.6 Å². The Labute approximate surface area is 157 Å². The molecule has 1 fully saturated rings. The molecule has 7 nitrogen and oxygen atoms in total. The summed E-state index contributed by atoms with van der Waals surface area (Å²) in [5, 5.41) is 5.37. The Kier molecular flexibility index (Phi) is 4.69. The topological polar surface area (TPSA) is 63.0 Å². The van der Waals surface area contributed by atoms with Gasteiger partial charge in [0.05, 0.1) is 35.0 Å². The molecule has 8 heteroatoms. The van der Waals surface area contributed by atoms with Crippen molar-refractivity contribution in [2.75, 3.05) is 31.1 Å². The minimum atomic E-state index is 0.869. The second-order valence-electron chi connectivity index (χ2n) is 6.67. The predicted molar refractivity (Wildman–Crippen MR) is 103 cm³/mol. The lowest BCUT2D eigenvalue weighted by molar-refractivity contribution is 0.251. The number of thiazole rings is 1. The molecule has 0 saturated carbocycles. The third-order valence-electron chi connectivity index (χ3n) is 4.69. The molecule has 0 aliphatic carbocycles. The SMILES string of the molecule is Cc1nc(C)c(CN2CCN(c3cncc(-c4cnn(C)c4)n3)CC2)s1. The van der Waals surface area contributed by atoms with Gasteiger partial charge in [-0.05, 0) is 13.8 Å². The van der Waals surface area contributed by atoms with Gasteiger partial charge in [-0.25, -0.2) is 9.97 Å². The standard InChI is InChI=1S/C18H23N7S/c1-13-17(26-14(2)21-13)12-24-4-6-25(7-5-24)18-10-19-9-16(22-18)15-8-20-23(3)11-15/h8-11H,4-7,12H2,1-3H3. The highest BCUT2D eigenvalue weighted by molar-refractivity contribution is 7.11. The summed E-state index contributed by atoms with van der Waals surface area (Å²) in [5.74, 6) is 0.941. The van der Waals surface area contributed by atoms with Gasteiger partial charge in [0.2, 0.25) is 0 Å². The van der Waals surface area contributed by atoms with Crippen LogP contribution in [0.4, 0.5) is 5.82 Å². The van der Waals surface area contributed by atoms with Gasteiger partial charge in [0.15, 0.2) is 0 Å². The second kappa shape index (κ2) is 7.13. The van der Waals surface area contributed by atoms with E-state index in [0.717, 1.165) is 54.8 Å². The van der Waals surface area contributed by atoms with Crippen LogP contribution < -0.4 is 4.90 Å². The lowest BCUT2D eigenvalue weighted by Crippen LogP contribution is -2.46. The van der Waals surface area contributed by atoms with Crippen molar-refractivity contribution in [2.24, 2.45) is 7.05 Å². The van der Waals surface area contributed by atoms with Crippen molar-refractivity contribution in [3.63, 3.8) is 0 Å². The average Bonchev–Trinajstić information content (AvgIpc) is 3.21. The highest BCUT2D eigenvalue weighted by atomic mass is 32.1. The highest BCUT2D eigenvalue weighted by Gasteiger charge is 2.20. The van der Waals surface area contributed by atoms with Crippen LogP contribution in [0.5, 0.6) is 0 Å². The molecule has 4 rings (SSSR count). The summed E-state index contributed by atoms with van der Waals surface area (Å²) in [6.07, 6.45) is 7.44. The first-order chi connectivity index (χ1) is 12.6. The van der Waals surface area contributed by atoms with Crippen molar-refractivity contribution < 1.29 is 0 Å². The average molecular weight is 369 g/mol.